The molecule has 0 bridgehead atoms. The average molecular weight is 741 g/mol. The van der Waals surface area contributed by atoms with Crippen LogP contribution in [0.2, 0.25) is 0 Å². The summed E-state index contributed by atoms with van der Waals surface area (Å²) in [5.41, 5.74) is 11.2. The Balaban J connectivity index is 1.43. The summed E-state index contributed by atoms with van der Waals surface area (Å²) < 4.78 is 13.3. The van der Waals surface area contributed by atoms with Crippen LogP contribution in [0.1, 0.15) is 60.6 Å². The topological polar surface area (TPSA) is 24.9 Å². The Morgan fingerprint density at radius 1 is 0.518 bits per heavy atom. The fourth-order valence-electron chi connectivity index (χ4n) is 7.42. The third-order valence-corrected chi connectivity index (χ3v) is 10.8. The molecule has 0 fully saturated rings. The van der Waals surface area contributed by atoms with Crippen LogP contribution in [0.5, 0.6) is 11.5 Å². The molecule has 6 rings (SSSR count). The maximum Gasteiger partial charge on any atom is 0.166 e. The van der Waals surface area contributed by atoms with Gasteiger partial charge < -0.3 is 14.4 Å². The fourth-order valence-corrected chi connectivity index (χ4v) is 7.42. The molecule has 4 nitrogen and oxygen atoms in total. The summed E-state index contributed by atoms with van der Waals surface area (Å²) in [5.74, 6) is 1.59. The van der Waals surface area contributed by atoms with Crippen LogP contribution in [0.15, 0.2) is 170 Å². The number of hydrogen-bond acceptors (Lipinski definition) is 4. The number of nitrogens with zero attached hydrogens (tertiary/aromatic N) is 2. The van der Waals surface area contributed by atoms with Gasteiger partial charge in [0.15, 0.2) is 5.72 Å². The Morgan fingerprint density at radius 2 is 0.929 bits per heavy atom. The lowest BCUT2D eigenvalue weighted by Gasteiger charge is -2.43. The van der Waals surface area contributed by atoms with E-state index in [2.05, 4.69) is 229 Å². The summed E-state index contributed by atoms with van der Waals surface area (Å²) in [6, 6.07) is 60.2. The maximum atomic E-state index is 7.20. The number of ether oxygens (including phenoxy) is 2. The third-order valence-electron chi connectivity index (χ3n) is 10.8. The molecule has 2 unspecified atom stereocenters. The molecule has 2 atom stereocenters. The lowest BCUT2D eigenvalue weighted by Crippen LogP contribution is -2.52. The number of likely N-dealkylation sites (N-methyl/N-ethyl adjacent to an activating group) is 1. The van der Waals surface area contributed by atoms with Crippen molar-refractivity contribution < 1.29 is 9.47 Å². The standard InChI is InChI=1S/C52H56N2O2/c1-8-48(40-21-13-9-14-22-40)50(42-25-17-11-18-26-42)44-31-35-47(36-32-44)56-52(3,54(6)7)39(2)49(41-23-15-10-16-24-41)51(43-27-19-12-20-28-43)45-29-33-46(34-30-45)55-38-37-53(4)5/h9-36,39H,8,37-38H2,1-7H3/b50-48-,51-49-. The van der Waals surface area contributed by atoms with Gasteiger partial charge in [-0.15, -0.1) is 0 Å². The molecule has 6 aromatic carbocycles. The number of allylic oxidation sites excluding steroid dienone is 1. The molecule has 286 valence electrons. The highest BCUT2D eigenvalue weighted by molar-refractivity contribution is 6.00. The van der Waals surface area contributed by atoms with E-state index in [1.54, 1.807) is 0 Å². The molecule has 0 aliphatic carbocycles. The van der Waals surface area contributed by atoms with Crippen LogP contribution in [-0.4, -0.2) is 56.9 Å². The molecule has 0 heterocycles. The van der Waals surface area contributed by atoms with Gasteiger partial charge in [-0.1, -0.05) is 159 Å². The monoisotopic (exact) mass is 740 g/mol. The van der Waals surface area contributed by atoms with E-state index in [-0.39, 0.29) is 5.92 Å². The zero-order chi connectivity index (χ0) is 39.5. The van der Waals surface area contributed by atoms with Crippen LogP contribution in [0.3, 0.4) is 0 Å². The summed E-state index contributed by atoms with van der Waals surface area (Å²) in [7, 11) is 8.34. The van der Waals surface area contributed by atoms with E-state index in [0.717, 1.165) is 46.7 Å². The van der Waals surface area contributed by atoms with E-state index in [1.807, 2.05) is 0 Å². The van der Waals surface area contributed by atoms with Crippen molar-refractivity contribution in [3.05, 3.63) is 203 Å². The molecule has 0 aromatic heterocycles. The molecule has 0 radical (unpaired) electrons. The van der Waals surface area contributed by atoms with Crippen molar-refractivity contribution in [2.75, 3.05) is 41.3 Å². The smallest absolute Gasteiger partial charge is 0.166 e. The SMILES string of the molecule is CC/C(=C(\c1ccccc1)c1ccc(OC(C)(C(C)/C(=C(\c2ccccc2)c2ccc(OCCN(C)C)cc2)c2ccccc2)N(C)C)cc1)c1ccccc1. The number of hydrogen-bond donors (Lipinski definition) is 0. The van der Waals surface area contributed by atoms with Gasteiger partial charge in [0.1, 0.15) is 18.1 Å². The van der Waals surface area contributed by atoms with E-state index in [9.17, 15) is 0 Å². The van der Waals surface area contributed by atoms with Gasteiger partial charge in [-0.2, -0.15) is 0 Å². The van der Waals surface area contributed by atoms with Crippen LogP contribution < -0.4 is 9.47 Å². The van der Waals surface area contributed by atoms with Crippen LogP contribution >= 0.6 is 0 Å². The van der Waals surface area contributed by atoms with Gasteiger partial charge in [-0.25, -0.2) is 0 Å². The number of benzene rings is 6. The quantitative estimate of drug-likeness (QED) is 0.0729. The first-order valence-corrected chi connectivity index (χ1v) is 19.7. The molecule has 0 aliphatic heterocycles. The van der Waals surface area contributed by atoms with Crippen molar-refractivity contribution >= 4 is 22.3 Å². The Kier molecular flexibility index (Phi) is 13.4. The Bertz CT molecular complexity index is 2180. The van der Waals surface area contributed by atoms with Gasteiger partial charge in [0.2, 0.25) is 0 Å². The van der Waals surface area contributed by atoms with Gasteiger partial charge >= 0.3 is 0 Å². The maximum absolute atomic E-state index is 7.20. The minimum atomic E-state index is -0.737. The van der Waals surface area contributed by atoms with E-state index < -0.39 is 5.72 Å². The number of rotatable bonds is 16. The predicted octanol–water partition coefficient (Wildman–Crippen LogP) is 11.9. The normalized spacial score (nSPS) is 14.1. The summed E-state index contributed by atoms with van der Waals surface area (Å²) in [6.07, 6.45) is 0.910. The molecule has 0 N–H and O–H groups in total. The second kappa shape index (κ2) is 18.8. The molecule has 0 spiro atoms. The second-order valence-corrected chi connectivity index (χ2v) is 14.9. The highest BCUT2D eigenvalue weighted by atomic mass is 16.5. The lowest BCUT2D eigenvalue weighted by atomic mass is 9.79. The van der Waals surface area contributed by atoms with Crippen molar-refractivity contribution in [1.29, 1.82) is 0 Å². The summed E-state index contributed by atoms with van der Waals surface area (Å²) in [6.45, 7) is 8.23. The van der Waals surface area contributed by atoms with Gasteiger partial charge in [0, 0.05) is 12.5 Å². The highest BCUT2D eigenvalue weighted by Crippen LogP contribution is 2.44. The summed E-state index contributed by atoms with van der Waals surface area (Å²) in [5, 5.41) is 0. The van der Waals surface area contributed by atoms with Gasteiger partial charge in [-0.3, -0.25) is 4.90 Å². The largest absolute Gasteiger partial charge is 0.492 e. The minimum absolute atomic E-state index is 0.0876. The molecule has 4 heteroatoms. The predicted molar refractivity (Wildman–Crippen MR) is 237 cm³/mol. The van der Waals surface area contributed by atoms with Crippen LogP contribution in [0.4, 0.5) is 0 Å². The molecule has 0 saturated carbocycles. The Hall–Kier alpha value is -5.68. The molecule has 6 aromatic rings. The summed E-state index contributed by atoms with van der Waals surface area (Å²) in [4.78, 5) is 4.34. The highest BCUT2D eigenvalue weighted by Gasteiger charge is 2.40. The van der Waals surface area contributed by atoms with Crippen LogP contribution in [0, 0.1) is 5.92 Å². The van der Waals surface area contributed by atoms with Gasteiger partial charge in [0.25, 0.3) is 0 Å². The zero-order valence-electron chi connectivity index (χ0n) is 34.1. The second-order valence-electron chi connectivity index (χ2n) is 14.9. The van der Waals surface area contributed by atoms with E-state index >= 15 is 0 Å². The first kappa shape index (κ1) is 40.0. The molecule has 56 heavy (non-hydrogen) atoms. The van der Waals surface area contributed by atoms with Crippen LogP contribution in [-0.2, 0) is 0 Å². The molecule has 0 aliphatic rings. The van der Waals surface area contributed by atoms with E-state index in [1.165, 1.54) is 33.4 Å². The molecule has 0 amide bonds. The zero-order valence-corrected chi connectivity index (χ0v) is 34.1. The first-order valence-electron chi connectivity index (χ1n) is 19.7. The van der Waals surface area contributed by atoms with Crippen molar-refractivity contribution in [2.45, 2.75) is 32.9 Å². The average Bonchev–Trinajstić information content (AvgIpc) is 3.23. The molecule has 0 saturated heterocycles. The van der Waals surface area contributed by atoms with E-state index in [4.69, 9.17) is 9.47 Å². The molecular formula is C52H56N2O2. The van der Waals surface area contributed by atoms with Crippen molar-refractivity contribution in [2.24, 2.45) is 5.92 Å². The minimum Gasteiger partial charge on any atom is -0.492 e. The Labute approximate surface area is 335 Å². The van der Waals surface area contributed by atoms with E-state index in [0.29, 0.717) is 6.61 Å². The lowest BCUT2D eigenvalue weighted by molar-refractivity contribution is -0.0666. The summed E-state index contributed by atoms with van der Waals surface area (Å²) >= 11 is 0. The van der Waals surface area contributed by atoms with Gasteiger partial charge in [-0.05, 0) is 121 Å². The fraction of sp³-hybridized carbons (Fsp3) is 0.231. The Morgan fingerprint density at radius 3 is 1.39 bits per heavy atom. The van der Waals surface area contributed by atoms with Crippen LogP contribution in [0.25, 0.3) is 22.3 Å². The first-order chi connectivity index (χ1) is 27.2. The van der Waals surface area contributed by atoms with Crippen molar-refractivity contribution in [3.8, 4) is 11.5 Å². The van der Waals surface area contributed by atoms with Gasteiger partial charge in [0.05, 0.1) is 0 Å². The molecular weight excluding hydrogens is 685 g/mol. The van der Waals surface area contributed by atoms with Crippen molar-refractivity contribution in [3.63, 3.8) is 0 Å². The third kappa shape index (κ3) is 9.39. The van der Waals surface area contributed by atoms with Crippen molar-refractivity contribution in [1.82, 2.24) is 9.80 Å².